The third kappa shape index (κ3) is 23.1. The highest BCUT2D eigenvalue weighted by atomic mass is 19.1. The molecule has 16 atom stereocenters. The third-order valence-corrected chi connectivity index (χ3v) is 27.8. The summed E-state index contributed by atoms with van der Waals surface area (Å²) in [6.07, 6.45) is 4.93. The number of hydrogen-bond acceptors (Lipinski definition) is 12. The lowest BCUT2D eigenvalue weighted by Crippen LogP contribution is -2.43. The molecule has 136 heavy (non-hydrogen) atoms. The number of benzene rings is 10. The lowest BCUT2D eigenvalue weighted by Gasteiger charge is -2.18. The number of hydrogen-bond donors (Lipinski definition) is 8. The van der Waals surface area contributed by atoms with Gasteiger partial charge in [0.05, 0.1) is 47.3 Å². The van der Waals surface area contributed by atoms with Crippen molar-refractivity contribution in [1.82, 2.24) is 62.1 Å². The van der Waals surface area contributed by atoms with Gasteiger partial charge in [-0.3, -0.25) is 57.5 Å². The predicted octanol–water partition coefficient (Wildman–Crippen LogP) is 10.8. The molecule has 8 aliphatic rings. The van der Waals surface area contributed by atoms with Crippen LogP contribution in [0.3, 0.4) is 0 Å². The molecule has 24 nitrogen and oxygen atoms in total. The Hall–Kier alpha value is -14.4. The van der Waals surface area contributed by atoms with Gasteiger partial charge in [0.25, 0.3) is 23.6 Å². The van der Waals surface area contributed by atoms with Crippen LogP contribution in [0.1, 0.15) is 135 Å². The normalized spacial score (nSPS) is 23.6. The first-order chi connectivity index (χ1) is 66.0. The van der Waals surface area contributed by atoms with E-state index in [9.17, 15) is 75.1 Å². The van der Waals surface area contributed by atoms with Gasteiger partial charge in [0, 0.05) is 149 Å². The summed E-state index contributed by atoms with van der Waals surface area (Å²) in [5.41, 5.74) is 8.91. The van der Waals surface area contributed by atoms with E-state index in [0.717, 1.165) is 70.2 Å². The molecule has 4 saturated carbocycles. The number of nitrogens with zero attached hydrogens (tertiary/aromatic N) is 4. The number of rotatable bonds is 32. The van der Waals surface area contributed by atoms with Crippen molar-refractivity contribution in [2.75, 3.05) is 78.5 Å². The van der Waals surface area contributed by atoms with Crippen molar-refractivity contribution in [3.05, 3.63) is 357 Å². The van der Waals surface area contributed by atoms with E-state index in [0.29, 0.717) is 25.7 Å². The van der Waals surface area contributed by atoms with E-state index in [4.69, 9.17) is 0 Å². The highest BCUT2D eigenvalue weighted by molar-refractivity contribution is 6.02. The van der Waals surface area contributed by atoms with Gasteiger partial charge in [0.1, 0.15) is 23.3 Å². The molecule has 0 radical (unpaired) electrons. The number of carbonyl (C=O) groups is 12. The van der Waals surface area contributed by atoms with Crippen LogP contribution < -0.4 is 42.5 Å². The van der Waals surface area contributed by atoms with Crippen molar-refractivity contribution < 1.29 is 75.1 Å². The zero-order chi connectivity index (χ0) is 94.6. The van der Waals surface area contributed by atoms with Crippen molar-refractivity contribution in [1.29, 1.82) is 0 Å². The fraction of sp³-hybridized carbons (Fsp3) is 0.333. The Morgan fingerprint density at radius 3 is 0.566 bits per heavy atom. The predicted molar refractivity (Wildman–Crippen MR) is 500 cm³/mol. The second-order valence-electron chi connectivity index (χ2n) is 37.0. The van der Waals surface area contributed by atoms with Gasteiger partial charge < -0.3 is 62.1 Å². The molecule has 0 unspecified atom stereocenters. The number of halogens is 4. The second kappa shape index (κ2) is 42.4. The van der Waals surface area contributed by atoms with Gasteiger partial charge in [-0.15, -0.1) is 0 Å². The Kier molecular flexibility index (Phi) is 29.1. The molecule has 4 aliphatic heterocycles. The quantitative estimate of drug-likeness (QED) is 0.0183. The first-order valence-corrected chi connectivity index (χ1v) is 46.8. The fourth-order valence-electron chi connectivity index (χ4n) is 19.5. The Balaban J connectivity index is 0.000000189. The van der Waals surface area contributed by atoms with Crippen LogP contribution in [0.25, 0.3) is 0 Å². The van der Waals surface area contributed by atoms with E-state index >= 15 is 0 Å². The van der Waals surface area contributed by atoms with Crippen LogP contribution in [-0.2, 0) is 64.0 Å². The van der Waals surface area contributed by atoms with Gasteiger partial charge in [-0.05, 0) is 193 Å². The van der Waals surface area contributed by atoms with E-state index < -0.39 is 82.8 Å². The lowest BCUT2D eigenvalue weighted by atomic mass is 9.94. The molecule has 28 heteroatoms. The molecule has 0 aromatic heterocycles. The number of carbonyl (C=O) groups excluding carboxylic acids is 12. The van der Waals surface area contributed by atoms with Crippen LogP contribution in [-0.4, -0.2) is 193 Å². The maximum atomic E-state index is 14.1. The smallest absolute Gasteiger partial charge is 0.253 e. The monoisotopic (exact) mass is 1840 g/mol. The average Bonchev–Trinajstić information content (AvgIpc) is 1.62. The molecule has 18 rings (SSSR count). The molecule has 0 bridgehead atoms. The van der Waals surface area contributed by atoms with E-state index in [2.05, 4.69) is 42.5 Å². The Bertz CT molecular complexity index is 5340. The maximum Gasteiger partial charge on any atom is 0.253 e. The van der Waals surface area contributed by atoms with Gasteiger partial charge >= 0.3 is 0 Å². The summed E-state index contributed by atoms with van der Waals surface area (Å²) >= 11 is 0. The third-order valence-electron chi connectivity index (χ3n) is 27.8. The van der Waals surface area contributed by atoms with Gasteiger partial charge in [-0.1, -0.05) is 170 Å². The summed E-state index contributed by atoms with van der Waals surface area (Å²) in [5, 5.41) is 24.2. The minimum atomic E-state index is -0.863. The summed E-state index contributed by atoms with van der Waals surface area (Å²) in [5.74, 6) is -11.4. The molecule has 8 fully saturated rings. The Morgan fingerprint density at radius 2 is 0.390 bits per heavy atom. The number of amides is 12. The maximum absolute atomic E-state index is 14.1. The van der Waals surface area contributed by atoms with Gasteiger partial charge in [0.2, 0.25) is 47.3 Å². The minimum Gasteiger partial charge on any atom is -0.355 e. The van der Waals surface area contributed by atoms with Crippen molar-refractivity contribution in [2.24, 2.45) is 47.3 Å². The summed E-state index contributed by atoms with van der Waals surface area (Å²) in [7, 11) is 0. The van der Waals surface area contributed by atoms with Crippen LogP contribution in [0, 0.1) is 70.6 Å². The summed E-state index contributed by atoms with van der Waals surface area (Å²) < 4.78 is 53.8. The molecule has 8 N–H and O–H groups in total. The first-order valence-electron chi connectivity index (χ1n) is 46.8. The van der Waals surface area contributed by atoms with E-state index in [1.54, 1.807) is 48.5 Å². The summed E-state index contributed by atoms with van der Waals surface area (Å²) in [6.45, 7) is 1.03. The van der Waals surface area contributed by atoms with Crippen LogP contribution in [0.15, 0.2) is 267 Å². The fourth-order valence-corrected chi connectivity index (χ4v) is 19.5. The van der Waals surface area contributed by atoms with Crippen LogP contribution in [0.4, 0.5) is 17.6 Å². The lowest BCUT2D eigenvalue weighted by molar-refractivity contribution is -0.133. The zero-order valence-corrected chi connectivity index (χ0v) is 75.0. The largest absolute Gasteiger partial charge is 0.355 e. The molecule has 10 aromatic carbocycles. The van der Waals surface area contributed by atoms with Crippen molar-refractivity contribution in [3.63, 3.8) is 0 Å². The molecule has 4 saturated heterocycles. The molecule has 10 aromatic rings. The molecule has 4 aliphatic carbocycles. The van der Waals surface area contributed by atoms with Gasteiger partial charge in [-0.2, -0.15) is 0 Å². The number of likely N-dealkylation sites (tertiary alicyclic amines) is 4. The van der Waals surface area contributed by atoms with Gasteiger partial charge in [0.15, 0.2) is 0 Å². The van der Waals surface area contributed by atoms with E-state index in [1.165, 1.54) is 117 Å². The topological polar surface area (TPSA) is 314 Å². The molecule has 12 amide bonds. The Labute approximate surface area is 785 Å². The standard InChI is InChI=1S/2C54H54F2N6O6/c2*55-39-19-11-33(12-20-39)23-25-57-49(63)43-29-61(30-44(43)50(64)58-26-24-34-13-21-40(56)22-14-34)53(67)37-15-17-38(18-16-37)54(68)62-31-45(51(65)59-47-27-41(47)35-7-3-1-4-8-35)46(32-62)52(66)60-48-28-42(48)36-9-5-2-6-10-36/h2*1-22,41-48H,23-32H2,(H,57,63)(H,58,64)(H,59,65)(H,60,66)/t41-,42-,43+,44+,45-,46-,47+,48+;41-,42-,43-,44-,45-,46-,47+,48+/m11/s1. The zero-order valence-electron chi connectivity index (χ0n) is 75.0. The van der Waals surface area contributed by atoms with Crippen molar-refractivity contribution >= 4 is 70.9 Å². The minimum absolute atomic E-state index is 0.0292. The first kappa shape index (κ1) is 93.4. The summed E-state index contributed by atoms with van der Waals surface area (Å²) in [4.78, 5) is 173. The van der Waals surface area contributed by atoms with Crippen LogP contribution in [0.5, 0.6) is 0 Å². The molecular formula is C108H108F4N12O12. The van der Waals surface area contributed by atoms with E-state index in [-0.39, 0.29) is 207 Å². The molecule has 4 heterocycles. The highest BCUT2D eigenvalue weighted by Crippen LogP contribution is 2.46. The Morgan fingerprint density at radius 1 is 0.221 bits per heavy atom. The molecule has 700 valence electrons. The SMILES string of the molecule is O=C(NCCc1ccc(F)cc1)[C@@H]1CN(C(=O)c2ccc(C(=O)N3C[C@@H](C(=O)N[C@H]4C[C@@H]4c4ccccc4)[C@H](C(=O)N[C@H]4C[C@@H]4c4ccccc4)C3)cc2)C[C@H]1C(=O)NCCc1ccc(F)cc1.O=C(NCCc1ccc(F)cc1)[C@H]1CN(C(=O)c2ccc(C(=O)N3C[C@@H](C(=O)N[C@H]4C[C@@H]4c4ccccc4)[C@H](C(=O)N[C@H]4C[C@@H]4c4ccccc4)C3)cc2)C[C@@H]1C(=O)NCCc1ccc(F)cc1. The summed E-state index contributed by atoms with van der Waals surface area (Å²) in [6, 6.07) is 75.8. The highest BCUT2D eigenvalue weighted by Gasteiger charge is 2.53. The van der Waals surface area contributed by atoms with Crippen molar-refractivity contribution in [2.45, 2.75) is 99.2 Å². The van der Waals surface area contributed by atoms with Gasteiger partial charge in [-0.25, -0.2) is 17.6 Å². The molecule has 0 spiro atoms. The number of nitrogens with one attached hydrogen (secondary N) is 8. The van der Waals surface area contributed by atoms with Crippen LogP contribution >= 0.6 is 0 Å². The second-order valence-corrected chi connectivity index (χ2v) is 37.0. The average molecular weight is 1840 g/mol. The van der Waals surface area contributed by atoms with Crippen LogP contribution in [0.2, 0.25) is 0 Å². The van der Waals surface area contributed by atoms with E-state index in [1.807, 2.05) is 121 Å². The molecular weight excluding hydrogens is 1730 g/mol. The van der Waals surface area contributed by atoms with Crippen molar-refractivity contribution in [3.8, 4) is 0 Å².